The second-order valence-corrected chi connectivity index (χ2v) is 8.90. The van der Waals surface area contributed by atoms with Gasteiger partial charge in [0.05, 0.1) is 12.6 Å². The second kappa shape index (κ2) is 9.69. The van der Waals surface area contributed by atoms with E-state index in [1.54, 1.807) is 6.07 Å². The van der Waals surface area contributed by atoms with Gasteiger partial charge in [0.25, 0.3) is 0 Å². The molecular formula is C27H27N7O2. The molecule has 0 unspecified atom stereocenters. The fourth-order valence-corrected chi connectivity index (χ4v) is 4.28. The predicted molar refractivity (Wildman–Crippen MR) is 136 cm³/mol. The molecule has 5 aromatic rings. The molecule has 0 saturated carbocycles. The van der Waals surface area contributed by atoms with E-state index in [-0.39, 0.29) is 6.10 Å². The van der Waals surface area contributed by atoms with Crippen LogP contribution in [0, 0.1) is 6.92 Å². The Morgan fingerprint density at radius 2 is 1.81 bits per heavy atom. The number of imidazole rings is 1. The number of esters is 1. The number of tetrazole rings is 1. The Balaban J connectivity index is 1.49. The molecule has 0 aliphatic carbocycles. The quantitative estimate of drug-likeness (QED) is 0.334. The number of aromatic nitrogens is 7. The molecule has 9 heteroatoms. The molecule has 0 radical (unpaired) electrons. The van der Waals surface area contributed by atoms with Crippen LogP contribution in [0.25, 0.3) is 33.7 Å². The highest BCUT2D eigenvalue weighted by atomic mass is 16.5. The van der Waals surface area contributed by atoms with Crippen LogP contribution in [-0.2, 0) is 17.7 Å². The molecule has 9 nitrogen and oxygen atoms in total. The highest BCUT2D eigenvalue weighted by Crippen LogP contribution is 2.30. The number of fused-ring (bicyclic) bond motifs is 1. The van der Waals surface area contributed by atoms with Crippen LogP contribution < -0.4 is 0 Å². The maximum absolute atomic E-state index is 12.6. The fourth-order valence-electron chi connectivity index (χ4n) is 4.28. The van der Waals surface area contributed by atoms with Crippen molar-refractivity contribution in [2.45, 2.75) is 46.8 Å². The van der Waals surface area contributed by atoms with E-state index in [4.69, 9.17) is 9.72 Å². The van der Waals surface area contributed by atoms with E-state index in [0.29, 0.717) is 23.7 Å². The number of carbonyl (C=O) groups excluding carboxylic acids is 1. The van der Waals surface area contributed by atoms with Gasteiger partial charge in [-0.25, -0.2) is 14.8 Å². The molecule has 36 heavy (non-hydrogen) atoms. The number of benzene rings is 2. The number of ether oxygens (including phenoxy) is 1. The van der Waals surface area contributed by atoms with Crippen LogP contribution in [0.15, 0.2) is 54.6 Å². The van der Waals surface area contributed by atoms with Gasteiger partial charge >= 0.3 is 5.97 Å². The molecule has 0 aliphatic rings. The number of aromatic amines is 1. The highest BCUT2D eigenvalue weighted by Gasteiger charge is 2.19. The van der Waals surface area contributed by atoms with Crippen molar-refractivity contribution in [2.24, 2.45) is 0 Å². The van der Waals surface area contributed by atoms with Gasteiger partial charge in [-0.2, -0.15) is 5.21 Å². The summed E-state index contributed by atoms with van der Waals surface area (Å²) in [5.74, 6) is 1.05. The van der Waals surface area contributed by atoms with E-state index in [2.05, 4.69) is 61.4 Å². The number of nitrogens with zero attached hydrogens (tertiary/aromatic N) is 6. The Labute approximate surface area is 208 Å². The molecule has 182 valence electrons. The molecule has 0 aliphatic heterocycles. The minimum absolute atomic E-state index is 0.213. The Morgan fingerprint density at radius 3 is 2.47 bits per heavy atom. The maximum Gasteiger partial charge on any atom is 0.357 e. The minimum atomic E-state index is -0.426. The second-order valence-electron chi connectivity index (χ2n) is 8.90. The molecule has 2 aromatic carbocycles. The molecule has 0 bridgehead atoms. The molecule has 0 atom stereocenters. The summed E-state index contributed by atoms with van der Waals surface area (Å²) in [5, 5.41) is 14.5. The standard InChI is InChI=1S/C27H27N7O2/c1-5-23-29-24-17(4)14-22(27(35)36-16(2)3)28-26(24)34(23)15-18-10-12-19(13-11-18)20-8-6-7-9-21(20)25-30-32-33-31-25/h6-14,16H,5,15H2,1-4H3,(H,30,31,32,33). The van der Waals surface area contributed by atoms with Crippen LogP contribution in [0.1, 0.15) is 48.2 Å². The number of hydrogen-bond acceptors (Lipinski definition) is 7. The van der Waals surface area contributed by atoms with Crippen molar-refractivity contribution in [3.63, 3.8) is 0 Å². The van der Waals surface area contributed by atoms with Gasteiger partial charge < -0.3 is 9.30 Å². The Bertz CT molecular complexity index is 1520. The van der Waals surface area contributed by atoms with E-state index < -0.39 is 5.97 Å². The lowest BCUT2D eigenvalue weighted by atomic mass is 9.98. The van der Waals surface area contributed by atoms with Gasteiger partial charge in [-0.05, 0) is 54.3 Å². The van der Waals surface area contributed by atoms with Gasteiger partial charge in [-0.3, -0.25) is 0 Å². The Kier molecular flexibility index (Phi) is 6.28. The monoisotopic (exact) mass is 481 g/mol. The van der Waals surface area contributed by atoms with Crippen molar-refractivity contribution in [1.82, 2.24) is 35.2 Å². The molecule has 0 spiro atoms. The molecule has 0 saturated heterocycles. The first-order chi connectivity index (χ1) is 17.4. The Morgan fingerprint density at radius 1 is 1.06 bits per heavy atom. The average Bonchev–Trinajstić information content (AvgIpc) is 3.53. The summed E-state index contributed by atoms with van der Waals surface area (Å²) >= 11 is 0. The summed E-state index contributed by atoms with van der Waals surface area (Å²) in [7, 11) is 0. The van der Waals surface area contributed by atoms with Gasteiger partial charge in [0.1, 0.15) is 11.3 Å². The van der Waals surface area contributed by atoms with Crippen LogP contribution >= 0.6 is 0 Å². The molecule has 5 rings (SSSR count). The molecule has 0 amide bonds. The fraction of sp³-hybridized carbons (Fsp3) is 0.259. The minimum Gasteiger partial charge on any atom is -0.458 e. The zero-order valence-corrected chi connectivity index (χ0v) is 20.7. The molecule has 3 heterocycles. The SMILES string of the molecule is CCc1nc2c(C)cc(C(=O)OC(C)C)nc2n1Cc1ccc(-c2ccccc2-c2nn[nH]n2)cc1. The summed E-state index contributed by atoms with van der Waals surface area (Å²) in [5.41, 5.74) is 6.78. The third kappa shape index (κ3) is 4.47. The van der Waals surface area contributed by atoms with Gasteiger partial charge in [0, 0.05) is 12.0 Å². The van der Waals surface area contributed by atoms with E-state index in [1.807, 2.05) is 45.0 Å². The van der Waals surface area contributed by atoms with Gasteiger partial charge in [-0.15, -0.1) is 10.2 Å². The summed E-state index contributed by atoms with van der Waals surface area (Å²) in [6.07, 6.45) is 0.535. The van der Waals surface area contributed by atoms with E-state index in [9.17, 15) is 4.79 Å². The number of carbonyl (C=O) groups is 1. The topological polar surface area (TPSA) is 111 Å². The highest BCUT2D eigenvalue weighted by molar-refractivity contribution is 5.91. The van der Waals surface area contributed by atoms with Crippen LogP contribution in [0.4, 0.5) is 0 Å². The molecule has 0 fully saturated rings. The zero-order valence-electron chi connectivity index (χ0n) is 20.7. The maximum atomic E-state index is 12.6. The number of pyridine rings is 1. The first kappa shape index (κ1) is 23.3. The van der Waals surface area contributed by atoms with Crippen molar-refractivity contribution in [2.75, 3.05) is 0 Å². The number of nitrogens with one attached hydrogen (secondary N) is 1. The van der Waals surface area contributed by atoms with Gasteiger partial charge in [0.2, 0.25) is 5.82 Å². The third-order valence-electron chi connectivity index (χ3n) is 5.96. The van der Waals surface area contributed by atoms with Crippen LogP contribution in [0.5, 0.6) is 0 Å². The first-order valence-electron chi connectivity index (χ1n) is 11.9. The normalized spacial score (nSPS) is 11.4. The molecular weight excluding hydrogens is 454 g/mol. The van der Waals surface area contributed by atoms with Crippen LogP contribution in [0.3, 0.4) is 0 Å². The predicted octanol–water partition coefficient (Wildman–Crippen LogP) is 4.76. The number of rotatable bonds is 7. The number of aryl methyl sites for hydroxylation is 2. The van der Waals surface area contributed by atoms with E-state index in [0.717, 1.165) is 45.6 Å². The summed E-state index contributed by atoms with van der Waals surface area (Å²) in [6, 6.07) is 18.1. The molecule has 1 N–H and O–H groups in total. The van der Waals surface area contributed by atoms with Crippen molar-refractivity contribution >= 4 is 17.1 Å². The van der Waals surface area contributed by atoms with Crippen molar-refractivity contribution in [3.8, 4) is 22.5 Å². The lowest BCUT2D eigenvalue weighted by Crippen LogP contribution is -2.14. The zero-order chi connectivity index (χ0) is 25.2. The largest absolute Gasteiger partial charge is 0.458 e. The summed E-state index contributed by atoms with van der Waals surface area (Å²) in [4.78, 5) is 22.0. The van der Waals surface area contributed by atoms with Crippen LogP contribution in [-0.4, -0.2) is 47.2 Å². The number of hydrogen-bond donors (Lipinski definition) is 1. The lowest BCUT2D eigenvalue weighted by Gasteiger charge is -2.11. The van der Waals surface area contributed by atoms with Gasteiger partial charge in [0.15, 0.2) is 11.3 Å². The van der Waals surface area contributed by atoms with Crippen molar-refractivity contribution < 1.29 is 9.53 Å². The lowest BCUT2D eigenvalue weighted by molar-refractivity contribution is 0.0371. The van der Waals surface area contributed by atoms with Crippen molar-refractivity contribution in [3.05, 3.63) is 77.2 Å². The third-order valence-corrected chi connectivity index (χ3v) is 5.96. The smallest absolute Gasteiger partial charge is 0.357 e. The van der Waals surface area contributed by atoms with E-state index >= 15 is 0 Å². The molecule has 3 aromatic heterocycles. The Hall–Kier alpha value is -4.40. The van der Waals surface area contributed by atoms with Crippen molar-refractivity contribution in [1.29, 1.82) is 0 Å². The van der Waals surface area contributed by atoms with Crippen LogP contribution in [0.2, 0.25) is 0 Å². The first-order valence-corrected chi connectivity index (χ1v) is 11.9. The van der Waals surface area contributed by atoms with E-state index in [1.165, 1.54) is 0 Å². The van der Waals surface area contributed by atoms with Gasteiger partial charge in [-0.1, -0.05) is 55.5 Å². The average molecular weight is 482 g/mol. The summed E-state index contributed by atoms with van der Waals surface area (Å²) < 4.78 is 7.46. The summed E-state index contributed by atoms with van der Waals surface area (Å²) in [6.45, 7) is 8.25. The number of H-pyrrole nitrogens is 1.